The number of hydrogen-bond donors (Lipinski definition) is 0. The predicted molar refractivity (Wildman–Crippen MR) is 77.8 cm³/mol. The van der Waals surface area contributed by atoms with Crippen LogP contribution >= 0.6 is 20.7 Å². The Hall–Kier alpha value is -0.770. The van der Waals surface area contributed by atoms with Crippen LogP contribution in [0.25, 0.3) is 0 Å². The highest BCUT2D eigenvalue weighted by molar-refractivity contribution is 14.2. The van der Waals surface area contributed by atoms with Crippen molar-refractivity contribution in [3.8, 4) is 0 Å². The monoisotopic (exact) mass is 328 g/mol. The minimum absolute atomic E-state index is 0.0960. The third-order valence-electron chi connectivity index (χ3n) is 2.63. The first-order chi connectivity index (χ1) is 7.74. The molecule has 0 aromatic rings. The highest BCUT2D eigenvalue weighted by Gasteiger charge is 2.33. The molecule has 0 radical (unpaired) electrons. The summed E-state index contributed by atoms with van der Waals surface area (Å²) in [5.74, 6) is -0.0510. The van der Waals surface area contributed by atoms with Crippen molar-refractivity contribution in [1.82, 2.24) is 0 Å². The Morgan fingerprint density at radius 1 is 1.56 bits per heavy atom. The van der Waals surface area contributed by atoms with Crippen LogP contribution in [-0.2, 0) is 0 Å². The molecule has 0 saturated heterocycles. The van der Waals surface area contributed by atoms with Gasteiger partial charge in [-0.15, -0.1) is 20.7 Å². The Labute approximate surface area is 106 Å². The average molecular weight is 328 g/mol. The molecule has 0 bridgehead atoms. The second-order valence-electron chi connectivity index (χ2n) is 3.76. The normalized spacial score (nSPS) is 23.4. The van der Waals surface area contributed by atoms with E-state index in [1.165, 1.54) is 11.1 Å². The highest BCUT2D eigenvalue weighted by Crippen LogP contribution is 2.46. The number of alkyl halides is 1. The maximum Gasteiger partial charge on any atom is 0.120 e. The summed E-state index contributed by atoms with van der Waals surface area (Å²) in [4.78, 5) is 0. The van der Waals surface area contributed by atoms with Crippen LogP contribution in [0.3, 0.4) is 0 Å². The number of allylic oxidation sites excluding steroid dienone is 9. The molecule has 0 fully saturated rings. The van der Waals surface area contributed by atoms with Crippen molar-refractivity contribution in [3.05, 3.63) is 59.5 Å². The van der Waals surface area contributed by atoms with Gasteiger partial charge in [0, 0.05) is 10.3 Å². The molecule has 0 nitrogen and oxygen atoms in total. The van der Waals surface area contributed by atoms with E-state index >= 15 is 0 Å². The average Bonchev–Trinajstić information content (AvgIpc) is 3.03. The molecule has 0 amide bonds. The lowest BCUT2D eigenvalue weighted by Gasteiger charge is -2.10. The summed E-state index contributed by atoms with van der Waals surface area (Å²) in [5, 5.41) is 0. The van der Waals surface area contributed by atoms with Crippen LogP contribution in [0, 0.1) is 5.92 Å². The number of halogens is 2. The molecule has 0 aromatic heterocycles. The molecular weight excluding hydrogens is 314 g/mol. The highest BCUT2D eigenvalue weighted by atomic mass is 127. The van der Waals surface area contributed by atoms with Crippen molar-refractivity contribution in [2.75, 3.05) is 4.43 Å². The molecule has 0 aliphatic heterocycles. The summed E-state index contributed by atoms with van der Waals surface area (Å²) in [6.07, 6.45) is 10.2. The van der Waals surface area contributed by atoms with Gasteiger partial charge in [-0.1, -0.05) is 37.0 Å². The molecule has 16 heavy (non-hydrogen) atoms. The Bertz CT molecular complexity index is 461. The van der Waals surface area contributed by atoms with Gasteiger partial charge in [0.15, 0.2) is 0 Å². The second kappa shape index (κ2) is 5.04. The van der Waals surface area contributed by atoms with E-state index in [1.54, 1.807) is 0 Å². The zero-order valence-electron chi connectivity index (χ0n) is 9.21. The van der Waals surface area contributed by atoms with E-state index in [0.717, 1.165) is 10.0 Å². The second-order valence-corrected chi connectivity index (χ2v) is 6.12. The first-order valence-corrected chi connectivity index (χ1v) is 8.01. The van der Waals surface area contributed by atoms with Gasteiger partial charge >= 0.3 is 0 Å². The lowest BCUT2D eigenvalue weighted by atomic mass is 9.98. The number of hydrogen-bond acceptors (Lipinski definition) is 0. The van der Waals surface area contributed by atoms with Crippen LogP contribution in [0.4, 0.5) is 4.39 Å². The Kier molecular flexibility index (Phi) is 3.69. The number of fused-ring (bicyclic) bond motifs is 1. The largest absolute Gasteiger partial charge is 0.207 e. The molecule has 1 atom stereocenters. The Balaban J connectivity index is 2.03. The predicted octanol–water partition coefficient (Wildman–Crippen LogP) is 4.24. The van der Waals surface area contributed by atoms with Crippen molar-refractivity contribution >= 4 is 24.7 Å². The smallest absolute Gasteiger partial charge is 0.120 e. The van der Waals surface area contributed by atoms with Crippen molar-refractivity contribution in [1.29, 1.82) is 0 Å². The van der Waals surface area contributed by atoms with Crippen molar-refractivity contribution in [3.63, 3.8) is 0 Å². The van der Waals surface area contributed by atoms with Crippen LogP contribution in [-0.4, -0.2) is 8.44 Å². The lowest BCUT2D eigenvalue weighted by Crippen LogP contribution is -1.98. The van der Waals surface area contributed by atoms with E-state index in [-0.39, 0.29) is 32.5 Å². The third kappa shape index (κ3) is 2.48. The molecule has 0 heterocycles. The van der Waals surface area contributed by atoms with Crippen LogP contribution < -0.4 is 0 Å². The lowest BCUT2D eigenvalue weighted by molar-refractivity contribution is 0.642. The fraction of sp³-hybridized carbons (Fsp3) is 0.214. The van der Waals surface area contributed by atoms with E-state index in [0.29, 0.717) is 0 Å². The van der Waals surface area contributed by atoms with Crippen LogP contribution in [0.1, 0.15) is 6.92 Å². The van der Waals surface area contributed by atoms with Gasteiger partial charge in [0.2, 0.25) is 0 Å². The fourth-order valence-electron chi connectivity index (χ4n) is 1.72. The van der Waals surface area contributed by atoms with E-state index in [2.05, 4.69) is 34.9 Å². The molecule has 84 valence electrons. The summed E-state index contributed by atoms with van der Waals surface area (Å²) in [7, 11) is 0. The van der Waals surface area contributed by atoms with E-state index in [4.69, 9.17) is 0 Å². The quantitative estimate of drug-likeness (QED) is 0.535. The zero-order chi connectivity index (χ0) is 11.5. The van der Waals surface area contributed by atoms with Gasteiger partial charge in [0.1, 0.15) is 5.83 Å². The first-order valence-electron chi connectivity index (χ1n) is 5.24. The molecule has 1 unspecified atom stereocenters. The molecule has 2 heteroatoms. The van der Waals surface area contributed by atoms with Gasteiger partial charge in [-0.05, 0) is 27.7 Å². The van der Waals surface area contributed by atoms with Crippen LogP contribution in [0.5, 0.6) is 0 Å². The summed E-state index contributed by atoms with van der Waals surface area (Å²) < 4.78 is 16.4. The minimum atomic E-state index is -0.290. The fourth-order valence-corrected chi connectivity index (χ4v) is 3.85. The molecular formula is C14H14FI. The third-order valence-corrected chi connectivity index (χ3v) is 4.82. The van der Waals surface area contributed by atoms with Crippen LogP contribution in [0.2, 0.25) is 0 Å². The Morgan fingerprint density at radius 3 is 3.06 bits per heavy atom. The Morgan fingerprint density at radius 2 is 2.38 bits per heavy atom. The summed E-state index contributed by atoms with van der Waals surface area (Å²) in [6, 6.07) is 0. The van der Waals surface area contributed by atoms with Gasteiger partial charge in [-0.3, -0.25) is 0 Å². The molecule has 2 rings (SSSR count). The SMILES string of the molecule is C=C(F)C1=CC=C(CI=C/C=C\C)C2=CC12. The summed E-state index contributed by atoms with van der Waals surface area (Å²) >= 11 is 0.0960. The number of rotatable bonds is 4. The van der Waals surface area contributed by atoms with Gasteiger partial charge < -0.3 is 0 Å². The molecule has 0 aromatic carbocycles. The minimum Gasteiger partial charge on any atom is -0.207 e. The summed E-state index contributed by atoms with van der Waals surface area (Å²) in [5.41, 5.74) is 3.46. The molecule has 0 saturated carbocycles. The van der Waals surface area contributed by atoms with Crippen molar-refractivity contribution in [2.45, 2.75) is 6.92 Å². The molecule has 2 aliphatic rings. The maximum absolute atomic E-state index is 13.0. The zero-order valence-corrected chi connectivity index (χ0v) is 11.4. The van der Waals surface area contributed by atoms with Crippen molar-refractivity contribution < 1.29 is 4.39 Å². The van der Waals surface area contributed by atoms with Gasteiger partial charge in [-0.25, -0.2) is 4.39 Å². The maximum atomic E-state index is 13.0. The summed E-state index contributed by atoms with van der Waals surface area (Å²) in [6.45, 7) is 5.39. The van der Waals surface area contributed by atoms with E-state index in [1.807, 2.05) is 13.0 Å². The van der Waals surface area contributed by atoms with E-state index in [9.17, 15) is 4.39 Å². The van der Waals surface area contributed by atoms with Gasteiger partial charge in [0.05, 0.1) is 0 Å². The van der Waals surface area contributed by atoms with Gasteiger partial charge in [0.25, 0.3) is 0 Å². The first kappa shape index (κ1) is 11.7. The van der Waals surface area contributed by atoms with Crippen molar-refractivity contribution in [2.24, 2.45) is 5.92 Å². The van der Waals surface area contributed by atoms with E-state index < -0.39 is 0 Å². The molecule has 2 aliphatic carbocycles. The molecule has 0 spiro atoms. The molecule has 0 N–H and O–H groups in total. The topological polar surface area (TPSA) is 0 Å². The van der Waals surface area contributed by atoms with Gasteiger partial charge in [-0.2, -0.15) is 0 Å². The standard InChI is InChI=1S/C14H14FI/c1-3-4-7-16-9-11-5-6-12(10(2)15)14-8-13(11)14/h3-8,14H,2,9H2,1H3/b4-3-. The van der Waals surface area contributed by atoms with Crippen LogP contribution in [0.15, 0.2) is 59.5 Å².